The Bertz CT molecular complexity index is 642. The Morgan fingerprint density at radius 1 is 1.24 bits per heavy atom. The van der Waals surface area contributed by atoms with Crippen LogP contribution in [-0.4, -0.2) is 28.2 Å². The predicted molar refractivity (Wildman–Crippen MR) is 99.0 cm³/mol. The molecular formula is C18H28N2O4S. The van der Waals surface area contributed by atoms with Crippen LogP contribution in [-0.2, 0) is 16.0 Å². The van der Waals surface area contributed by atoms with E-state index in [-0.39, 0.29) is 12.5 Å². The number of carbonyl (C=O) groups is 2. The zero-order chi connectivity index (χ0) is 19.4. The highest BCUT2D eigenvalue weighted by atomic mass is 32.1. The third-order valence-electron chi connectivity index (χ3n) is 3.06. The Kier molecular flexibility index (Phi) is 6.76. The first-order valence-corrected chi connectivity index (χ1v) is 8.99. The van der Waals surface area contributed by atoms with Gasteiger partial charge in [0.05, 0.1) is 12.2 Å². The number of alkyl carbamates (subject to hydrolysis) is 1. The number of nitrogens with one attached hydrogen (secondary N) is 1. The molecule has 0 fully saturated rings. The van der Waals surface area contributed by atoms with Gasteiger partial charge in [-0.25, -0.2) is 14.6 Å². The van der Waals surface area contributed by atoms with E-state index in [0.29, 0.717) is 15.6 Å². The van der Waals surface area contributed by atoms with Gasteiger partial charge in [-0.15, -0.1) is 11.3 Å². The molecule has 0 bridgehead atoms. The topological polar surface area (TPSA) is 77.5 Å². The average Bonchev–Trinajstić information content (AvgIpc) is 2.87. The van der Waals surface area contributed by atoms with E-state index < -0.39 is 23.3 Å². The van der Waals surface area contributed by atoms with Gasteiger partial charge in [-0.3, -0.25) is 0 Å². The van der Waals surface area contributed by atoms with Crippen molar-refractivity contribution in [2.24, 2.45) is 0 Å². The van der Waals surface area contributed by atoms with E-state index in [4.69, 9.17) is 9.47 Å². The van der Waals surface area contributed by atoms with Crippen LogP contribution in [0.2, 0.25) is 0 Å². The maximum atomic E-state index is 12.5. The molecule has 0 atom stereocenters. The van der Waals surface area contributed by atoms with Gasteiger partial charge in [0.25, 0.3) is 0 Å². The fourth-order valence-electron chi connectivity index (χ4n) is 1.78. The lowest BCUT2D eigenvalue weighted by molar-refractivity contribution is 0.0178. The minimum atomic E-state index is -0.760. The zero-order valence-electron chi connectivity index (χ0n) is 16.1. The first-order valence-electron chi connectivity index (χ1n) is 8.18. The zero-order valence-corrected chi connectivity index (χ0v) is 16.9. The molecule has 25 heavy (non-hydrogen) atoms. The molecule has 0 unspecified atom stereocenters. The van der Waals surface area contributed by atoms with E-state index >= 15 is 0 Å². The molecule has 140 valence electrons. The molecule has 1 rings (SSSR count). The lowest BCUT2D eigenvalue weighted by atomic mass is 10.1. The highest BCUT2D eigenvalue weighted by molar-refractivity contribution is 7.13. The molecule has 6 nitrogen and oxygen atoms in total. The maximum absolute atomic E-state index is 12.5. The molecule has 0 spiro atoms. The van der Waals surface area contributed by atoms with Gasteiger partial charge in [-0.1, -0.05) is 20.4 Å². The molecule has 1 aromatic rings. The molecule has 1 amide bonds. The largest absolute Gasteiger partial charge is 0.451 e. The van der Waals surface area contributed by atoms with E-state index in [0.717, 1.165) is 0 Å². The van der Waals surface area contributed by atoms with Gasteiger partial charge in [0.2, 0.25) is 0 Å². The second kappa shape index (κ2) is 7.99. The van der Waals surface area contributed by atoms with E-state index in [1.807, 2.05) is 13.8 Å². The van der Waals surface area contributed by atoms with Crippen molar-refractivity contribution < 1.29 is 19.1 Å². The van der Waals surface area contributed by atoms with Gasteiger partial charge >= 0.3 is 12.1 Å². The van der Waals surface area contributed by atoms with Crippen molar-refractivity contribution >= 4 is 23.4 Å². The van der Waals surface area contributed by atoms with Crippen LogP contribution in [0.1, 0.15) is 74.8 Å². The van der Waals surface area contributed by atoms with Crippen molar-refractivity contribution in [1.82, 2.24) is 10.3 Å². The number of ether oxygens (including phenoxy) is 2. The SMILES string of the molecule is C=CC(C)(C)OC(=O)c1sc(CNC(=O)OC(C)(C)C)nc1C(C)C. The van der Waals surface area contributed by atoms with Crippen LogP contribution in [0.3, 0.4) is 0 Å². The molecular weight excluding hydrogens is 340 g/mol. The number of esters is 1. The Labute approximate surface area is 153 Å². The summed E-state index contributed by atoms with van der Waals surface area (Å²) in [5, 5.41) is 3.27. The molecule has 0 radical (unpaired) electrons. The number of amides is 1. The Morgan fingerprint density at radius 2 is 1.84 bits per heavy atom. The summed E-state index contributed by atoms with van der Waals surface area (Å²) in [5.41, 5.74) is -0.665. The summed E-state index contributed by atoms with van der Waals surface area (Å²) in [5.74, 6) is -0.379. The smallest absolute Gasteiger partial charge is 0.408 e. The Morgan fingerprint density at radius 3 is 2.32 bits per heavy atom. The standard InChI is InChI=1S/C18H28N2O4S/c1-9-18(7,8)23-15(21)14-13(11(2)3)20-12(25-14)10-19-16(22)24-17(4,5)6/h9,11H,1,10H2,2-8H3,(H,19,22). The number of nitrogens with zero attached hydrogens (tertiary/aromatic N) is 1. The van der Waals surface area contributed by atoms with Crippen LogP contribution in [0.4, 0.5) is 4.79 Å². The molecule has 0 aliphatic carbocycles. The fourth-order valence-corrected chi connectivity index (χ4v) is 2.81. The summed E-state index contributed by atoms with van der Waals surface area (Å²) in [6.07, 6.45) is 1.05. The predicted octanol–water partition coefficient (Wildman–Crippen LogP) is 4.41. The number of rotatable bonds is 6. The summed E-state index contributed by atoms with van der Waals surface area (Å²) in [6, 6.07) is 0. The molecule has 0 aliphatic heterocycles. The van der Waals surface area contributed by atoms with Crippen LogP contribution >= 0.6 is 11.3 Å². The number of hydrogen-bond donors (Lipinski definition) is 1. The first-order chi connectivity index (χ1) is 11.3. The van der Waals surface area contributed by atoms with Crippen LogP contribution in [0, 0.1) is 0 Å². The van der Waals surface area contributed by atoms with Gasteiger partial charge in [0, 0.05) is 0 Å². The van der Waals surface area contributed by atoms with Crippen molar-refractivity contribution in [1.29, 1.82) is 0 Å². The highest BCUT2D eigenvalue weighted by Crippen LogP contribution is 2.27. The van der Waals surface area contributed by atoms with E-state index in [2.05, 4.69) is 16.9 Å². The van der Waals surface area contributed by atoms with Crippen LogP contribution in [0.5, 0.6) is 0 Å². The van der Waals surface area contributed by atoms with E-state index in [1.165, 1.54) is 11.3 Å². The third kappa shape index (κ3) is 6.86. The second-order valence-electron chi connectivity index (χ2n) is 7.53. The molecule has 0 saturated heterocycles. The number of hydrogen-bond acceptors (Lipinski definition) is 6. The Hall–Kier alpha value is -1.89. The maximum Gasteiger partial charge on any atom is 0.408 e. The van der Waals surface area contributed by atoms with E-state index in [1.54, 1.807) is 40.7 Å². The molecule has 1 N–H and O–H groups in total. The molecule has 1 aromatic heterocycles. The van der Waals surface area contributed by atoms with Crippen LogP contribution < -0.4 is 5.32 Å². The molecule has 1 heterocycles. The second-order valence-corrected chi connectivity index (χ2v) is 8.61. The fraction of sp³-hybridized carbons (Fsp3) is 0.611. The summed E-state index contributed by atoms with van der Waals surface area (Å²) >= 11 is 1.22. The molecule has 0 aromatic carbocycles. The first kappa shape index (κ1) is 21.2. The van der Waals surface area contributed by atoms with Crippen molar-refractivity contribution in [2.75, 3.05) is 0 Å². The highest BCUT2D eigenvalue weighted by Gasteiger charge is 2.26. The minimum Gasteiger partial charge on any atom is -0.451 e. The van der Waals surface area contributed by atoms with E-state index in [9.17, 15) is 9.59 Å². The molecule has 7 heteroatoms. The van der Waals surface area contributed by atoms with Crippen molar-refractivity contribution in [3.05, 3.63) is 28.2 Å². The minimum absolute atomic E-state index is 0.0564. The van der Waals surface area contributed by atoms with Crippen LogP contribution in [0.25, 0.3) is 0 Å². The lowest BCUT2D eigenvalue weighted by Gasteiger charge is -2.20. The quantitative estimate of drug-likeness (QED) is 0.594. The summed E-state index contributed by atoms with van der Waals surface area (Å²) < 4.78 is 10.7. The normalized spacial score (nSPS) is 12.0. The monoisotopic (exact) mass is 368 g/mol. The average molecular weight is 368 g/mol. The molecule has 0 saturated carbocycles. The number of aromatic nitrogens is 1. The summed E-state index contributed by atoms with van der Waals surface area (Å²) in [4.78, 5) is 29.2. The number of carbonyl (C=O) groups excluding carboxylic acids is 2. The van der Waals surface area contributed by atoms with Crippen molar-refractivity contribution in [2.45, 2.75) is 72.1 Å². The van der Waals surface area contributed by atoms with Crippen molar-refractivity contribution in [3.8, 4) is 0 Å². The number of thiazole rings is 1. The van der Waals surface area contributed by atoms with Crippen molar-refractivity contribution in [3.63, 3.8) is 0 Å². The van der Waals surface area contributed by atoms with Crippen LogP contribution in [0.15, 0.2) is 12.7 Å². The van der Waals surface area contributed by atoms with Gasteiger partial charge in [-0.05, 0) is 46.6 Å². The van der Waals surface area contributed by atoms with Gasteiger partial charge in [0.1, 0.15) is 21.1 Å². The van der Waals surface area contributed by atoms with Gasteiger partial charge in [0.15, 0.2) is 0 Å². The lowest BCUT2D eigenvalue weighted by Crippen LogP contribution is -2.32. The Balaban J connectivity index is 2.89. The summed E-state index contributed by atoms with van der Waals surface area (Å²) in [6.45, 7) is 16.7. The summed E-state index contributed by atoms with van der Waals surface area (Å²) in [7, 11) is 0. The van der Waals surface area contributed by atoms with Gasteiger partial charge in [-0.2, -0.15) is 0 Å². The molecule has 0 aliphatic rings. The third-order valence-corrected chi connectivity index (χ3v) is 4.11. The van der Waals surface area contributed by atoms with Gasteiger partial charge < -0.3 is 14.8 Å².